The maximum Gasteiger partial charge on any atom is 0.305 e. The lowest BCUT2D eigenvalue weighted by atomic mass is 9.98. The highest BCUT2D eigenvalue weighted by Crippen LogP contribution is 2.31. The van der Waals surface area contributed by atoms with Crippen LogP contribution in [0.5, 0.6) is 0 Å². The zero-order valence-corrected chi connectivity index (χ0v) is 25.6. The molecule has 0 fully saturated rings. The maximum atomic E-state index is 13.5. The van der Waals surface area contributed by atoms with Gasteiger partial charge in [0, 0.05) is 42.7 Å². The number of carboxylic acids is 1. The number of H-pyrrole nitrogens is 1. The van der Waals surface area contributed by atoms with Gasteiger partial charge in [0.05, 0.1) is 18.5 Å². The number of guanidine groups is 1. The van der Waals surface area contributed by atoms with Crippen molar-refractivity contribution in [2.45, 2.75) is 43.8 Å². The van der Waals surface area contributed by atoms with Crippen molar-refractivity contribution < 1.29 is 33.9 Å². The van der Waals surface area contributed by atoms with E-state index in [1.807, 2.05) is 18.2 Å². The predicted octanol–water partition coefficient (Wildman–Crippen LogP) is -1.07. The fourth-order valence-corrected chi connectivity index (χ4v) is 5.38. The third-order valence-corrected chi connectivity index (χ3v) is 7.82. The molecule has 16 nitrogen and oxygen atoms in total. The zero-order valence-electron chi connectivity index (χ0n) is 25.6. The van der Waals surface area contributed by atoms with E-state index in [9.17, 15) is 33.9 Å². The number of rotatable bonds is 7. The molecule has 3 heterocycles. The van der Waals surface area contributed by atoms with Crippen molar-refractivity contribution >= 4 is 52.4 Å². The van der Waals surface area contributed by atoms with Crippen molar-refractivity contribution in [2.24, 2.45) is 22.2 Å². The lowest BCUT2D eigenvalue weighted by molar-refractivity contribution is -0.145. The molecule has 5 amide bonds. The van der Waals surface area contributed by atoms with Crippen LogP contribution in [0, 0.1) is 0 Å². The topological polar surface area (TPSA) is 268 Å². The molecule has 3 atom stereocenters. The summed E-state index contributed by atoms with van der Waals surface area (Å²) in [6, 6.07) is 8.42. The first-order valence-corrected chi connectivity index (χ1v) is 14.8. The van der Waals surface area contributed by atoms with E-state index in [2.05, 4.69) is 25.9 Å². The van der Waals surface area contributed by atoms with Crippen molar-refractivity contribution in [3.05, 3.63) is 59.8 Å². The van der Waals surface area contributed by atoms with Gasteiger partial charge in [0.25, 0.3) is 5.91 Å². The van der Waals surface area contributed by atoms with Gasteiger partial charge in [0.15, 0.2) is 5.96 Å². The number of para-hydroxylation sites is 1. The summed E-state index contributed by atoms with van der Waals surface area (Å²) in [5.74, 6) is -5.35. The Hall–Kier alpha value is -5.93. The molecule has 0 saturated heterocycles. The molecule has 0 spiro atoms. The van der Waals surface area contributed by atoms with E-state index < -0.39 is 66.6 Å². The van der Waals surface area contributed by atoms with Gasteiger partial charge in [-0.1, -0.05) is 30.3 Å². The highest BCUT2D eigenvalue weighted by atomic mass is 16.4. The Morgan fingerprint density at radius 3 is 2.34 bits per heavy atom. The van der Waals surface area contributed by atoms with Crippen LogP contribution in [0.4, 0.5) is 0 Å². The quantitative estimate of drug-likeness (QED) is 0.0670. The molecule has 0 radical (unpaired) electrons. The fraction of sp³-hybridized carbons (Fsp3) is 0.323. The van der Waals surface area contributed by atoms with E-state index in [4.69, 9.17) is 17.2 Å². The molecule has 2 aliphatic heterocycles. The normalized spacial score (nSPS) is 19.4. The van der Waals surface area contributed by atoms with Gasteiger partial charge in [-0.05, 0) is 36.1 Å². The predicted molar refractivity (Wildman–Crippen MR) is 172 cm³/mol. The third-order valence-electron chi connectivity index (χ3n) is 7.82. The van der Waals surface area contributed by atoms with E-state index in [-0.39, 0.29) is 30.9 Å². The first-order chi connectivity index (χ1) is 22.3. The van der Waals surface area contributed by atoms with Gasteiger partial charge in [0.1, 0.15) is 18.1 Å². The summed E-state index contributed by atoms with van der Waals surface area (Å²) < 4.78 is 0. The Morgan fingerprint density at radius 2 is 1.68 bits per heavy atom. The first-order valence-electron chi connectivity index (χ1n) is 14.8. The number of amides is 5. The number of aromatic nitrogens is 1. The van der Waals surface area contributed by atoms with Crippen LogP contribution in [0.25, 0.3) is 22.0 Å². The fourth-order valence-electron chi connectivity index (χ4n) is 5.38. The summed E-state index contributed by atoms with van der Waals surface area (Å²) in [4.78, 5) is 85.1. The van der Waals surface area contributed by atoms with Crippen molar-refractivity contribution in [2.75, 3.05) is 20.1 Å². The average molecular weight is 648 g/mol. The molecule has 47 heavy (non-hydrogen) atoms. The second-order valence-corrected chi connectivity index (χ2v) is 11.1. The first kappa shape index (κ1) is 34.0. The Bertz CT molecular complexity index is 1710. The molecule has 16 heteroatoms. The Morgan fingerprint density at radius 1 is 0.979 bits per heavy atom. The number of benzene rings is 2. The van der Waals surface area contributed by atoms with Crippen LogP contribution in [0.1, 0.15) is 35.2 Å². The summed E-state index contributed by atoms with van der Waals surface area (Å²) >= 11 is 0. The van der Waals surface area contributed by atoms with Crippen LogP contribution >= 0.6 is 0 Å². The summed E-state index contributed by atoms with van der Waals surface area (Å²) in [7, 11) is 1.30. The van der Waals surface area contributed by atoms with Gasteiger partial charge in [-0.3, -0.25) is 33.8 Å². The van der Waals surface area contributed by atoms with Crippen LogP contribution in [-0.4, -0.2) is 94.7 Å². The average Bonchev–Trinajstić information content (AvgIpc) is 3.45. The lowest BCUT2D eigenvalue weighted by Crippen LogP contribution is -2.56. The van der Waals surface area contributed by atoms with Gasteiger partial charge >= 0.3 is 5.97 Å². The number of aliphatic imine (C=N–C) groups is 1. The van der Waals surface area contributed by atoms with E-state index in [1.165, 1.54) is 7.05 Å². The van der Waals surface area contributed by atoms with Crippen LogP contribution in [0.3, 0.4) is 0 Å². The molecule has 248 valence electrons. The molecule has 1 aromatic heterocycles. The van der Waals surface area contributed by atoms with E-state index >= 15 is 0 Å². The molecule has 2 aliphatic rings. The number of carboxylic acid groups (broad SMARTS) is 1. The highest BCUT2D eigenvalue weighted by Gasteiger charge is 2.33. The monoisotopic (exact) mass is 647 g/mol. The number of likely N-dealkylation sites (N-methyl/N-ethyl adjacent to an activating group) is 1. The number of fused-ring (bicyclic) bond motifs is 14. The molecule has 6 bridgehead atoms. The minimum atomic E-state index is -1.58. The van der Waals surface area contributed by atoms with Crippen molar-refractivity contribution in [3.8, 4) is 11.1 Å². The van der Waals surface area contributed by atoms with Crippen LogP contribution in [-0.2, 0) is 30.4 Å². The highest BCUT2D eigenvalue weighted by molar-refractivity contribution is 6.01. The SMILES string of the molecule is CN1C(=O)[C@H](CC(=O)O)NC(=O)CNC(=O)[C@H](CCCN=C(N)N)NC(=O)c2ccc(cc2)-c2cccc3c(c[nH]c23)C[C@H]1C(N)=O. The van der Waals surface area contributed by atoms with Crippen molar-refractivity contribution in [1.82, 2.24) is 25.8 Å². The molecule has 3 aromatic rings. The van der Waals surface area contributed by atoms with Gasteiger partial charge in [-0.25, -0.2) is 0 Å². The molecule has 2 aromatic carbocycles. The Balaban J connectivity index is 1.74. The second kappa shape index (κ2) is 14.9. The van der Waals surface area contributed by atoms with Gasteiger partial charge in [-0.2, -0.15) is 0 Å². The van der Waals surface area contributed by atoms with E-state index in [0.717, 1.165) is 26.9 Å². The maximum absolute atomic E-state index is 13.5. The number of primary amides is 1. The van der Waals surface area contributed by atoms with E-state index in [1.54, 1.807) is 30.5 Å². The molecule has 11 N–H and O–H groups in total. The second-order valence-electron chi connectivity index (χ2n) is 11.1. The summed E-state index contributed by atoms with van der Waals surface area (Å²) in [5.41, 5.74) is 19.7. The number of hydrogen-bond donors (Lipinski definition) is 8. The number of hydrogen-bond acceptors (Lipinski definition) is 7. The Kier molecular flexibility index (Phi) is 10.8. The number of nitrogens with zero attached hydrogens (tertiary/aromatic N) is 2. The van der Waals surface area contributed by atoms with Gasteiger partial charge in [0.2, 0.25) is 23.6 Å². The lowest BCUT2D eigenvalue weighted by Gasteiger charge is -2.29. The minimum absolute atomic E-state index is 0.00545. The smallest absolute Gasteiger partial charge is 0.305 e. The standard InChI is InChI=1S/C31H37N9O7/c1-40-23(27(32)44)12-18-14-36-26-19(4-2-5-20(18)26)16-7-9-17(10-8-16)28(45)39-21(6-3-11-35-31(33)34)29(46)37-15-24(41)38-22(30(40)47)13-25(42)43/h2,4-5,7-10,14,21-23,36H,3,6,11-13,15H2,1H3,(H2,32,44)(H,37,46)(H,38,41)(H,39,45)(H,42,43)(H4,33,34,35)/t21-,22-,23-/m0/s1. The Labute approximate surface area is 269 Å². The molecular formula is C31H37N9O7. The minimum Gasteiger partial charge on any atom is -0.481 e. The van der Waals surface area contributed by atoms with Crippen LogP contribution < -0.4 is 33.2 Å². The molecule has 0 aliphatic carbocycles. The zero-order chi connectivity index (χ0) is 34.2. The van der Waals surface area contributed by atoms with Gasteiger partial charge < -0.3 is 48.1 Å². The number of aromatic amines is 1. The third kappa shape index (κ3) is 8.42. The largest absolute Gasteiger partial charge is 0.481 e. The number of nitrogens with one attached hydrogen (secondary N) is 4. The molecule has 5 rings (SSSR count). The molecular weight excluding hydrogens is 610 g/mol. The summed E-state index contributed by atoms with van der Waals surface area (Å²) in [5, 5.41) is 17.6. The molecule has 0 saturated carbocycles. The van der Waals surface area contributed by atoms with Gasteiger partial charge in [-0.15, -0.1) is 0 Å². The van der Waals surface area contributed by atoms with Crippen molar-refractivity contribution in [1.29, 1.82) is 0 Å². The number of nitrogens with two attached hydrogens (primary N) is 3. The van der Waals surface area contributed by atoms with Crippen molar-refractivity contribution in [3.63, 3.8) is 0 Å². The number of carbonyl (C=O) groups excluding carboxylic acids is 5. The van der Waals surface area contributed by atoms with Crippen LogP contribution in [0.15, 0.2) is 53.7 Å². The number of aliphatic carboxylic acids is 1. The molecule has 0 unspecified atom stereocenters. The van der Waals surface area contributed by atoms with E-state index in [0.29, 0.717) is 12.0 Å². The summed E-state index contributed by atoms with van der Waals surface area (Å²) in [6.45, 7) is -0.459. The van der Waals surface area contributed by atoms with Crippen LogP contribution in [0.2, 0.25) is 0 Å². The summed E-state index contributed by atoms with van der Waals surface area (Å²) in [6.07, 6.45) is 1.32. The number of carbonyl (C=O) groups is 6.